The van der Waals surface area contributed by atoms with Gasteiger partial charge in [0, 0.05) is 17.1 Å². The van der Waals surface area contributed by atoms with Gasteiger partial charge in [-0.1, -0.05) is 35.9 Å². The van der Waals surface area contributed by atoms with Gasteiger partial charge in [-0.05, 0) is 42.0 Å². The number of ether oxygens (including phenoxy) is 3. The first-order valence-corrected chi connectivity index (χ1v) is 9.58. The Kier molecular flexibility index (Phi) is 7.03. The summed E-state index contributed by atoms with van der Waals surface area (Å²) in [6.07, 6.45) is 0. The molecule has 3 aromatic carbocycles. The predicted molar refractivity (Wildman–Crippen MR) is 116 cm³/mol. The largest absolute Gasteiger partial charge is 0.495 e. The van der Waals surface area contributed by atoms with Gasteiger partial charge < -0.3 is 24.6 Å². The average Bonchev–Trinajstić information content (AvgIpc) is 2.77. The van der Waals surface area contributed by atoms with Crippen molar-refractivity contribution in [1.29, 1.82) is 0 Å². The van der Waals surface area contributed by atoms with Crippen LogP contribution in [0.15, 0.2) is 60.7 Å². The van der Waals surface area contributed by atoms with Crippen molar-refractivity contribution in [3.63, 3.8) is 0 Å². The van der Waals surface area contributed by atoms with E-state index < -0.39 is 5.97 Å². The Hall–Kier alpha value is -3.38. The number of para-hydroxylation sites is 1. The molecule has 0 unspecified atom stereocenters. The summed E-state index contributed by atoms with van der Waals surface area (Å²) in [7, 11) is 3.12. The number of carboxylic acids is 1. The number of carboxylic acid groups (broad SMARTS) is 1. The number of benzene rings is 3. The Morgan fingerprint density at radius 1 is 1.00 bits per heavy atom. The van der Waals surface area contributed by atoms with Crippen LogP contribution < -0.4 is 19.5 Å². The van der Waals surface area contributed by atoms with E-state index in [1.54, 1.807) is 13.2 Å². The van der Waals surface area contributed by atoms with E-state index in [0.717, 1.165) is 11.1 Å². The molecule has 2 N–H and O–H groups in total. The maximum atomic E-state index is 11.3. The number of nitrogens with one attached hydrogen (secondary N) is 1. The average molecular weight is 428 g/mol. The highest BCUT2D eigenvalue weighted by atomic mass is 35.5. The molecule has 0 aliphatic rings. The normalized spacial score (nSPS) is 10.4. The molecule has 3 rings (SSSR count). The monoisotopic (exact) mass is 427 g/mol. The summed E-state index contributed by atoms with van der Waals surface area (Å²) in [5.74, 6) is 0.755. The lowest BCUT2D eigenvalue weighted by molar-refractivity contribution is 0.0697. The van der Waals surface area contributed by atoms with Gasteiger partial charge in [0.05, 0.1) is 25.5 Å². The number of aromatic carboxylic acids is 1. The molecule has 30 heavy (non-hydrogen) atoms. The number of hydrogen-bond donors (Lipinski definition) is 2. The topological polar surface area (TPSA) is 77.0 Å². The van der Waals surface area contributed by atoms with Crippen molar-refractivity contribution < 1.29 is 24.1 Å². The van der Waals surface area contributed by atoms with Gasteiger partial charge in [-0.25, -0.2) is 4.79 Å². The van der Waals surface area contributed by atoms with Gasteiger partial charge in [-0.15, -0.1) is 0 Å². The highest BCUT2D eigenvalue weighted by molar-refractivity contribution is 6.30. The van der Waals surface area contributed by atoms with Crippen LogP contribution in [0.2, 0.25) is 5.02 Å². The van der Waals surface area contributed by atoms with Crippen molar-refractivity contribution in [3.8, 4) is 17.2 Å². The Labute approximate surface area is 180 Å². The molecule has 0 saturated heterocycles. The quantitative estimate of drug-likeness (QED) is 0.486. The third-order valence-electron chi connectivity index (χ3n) is 4.49. The van der Waals surface area contributed by atoms with Crippen LogP contribution in [-0.2, 0) is 13.2 Å². The molecule has 6 nitrogen and oxygen atoms in total. The van der Waals surface area contributed by atoms with Crippen LogP contribution in [0.5, 0.6) is 17.2 Å². The van der Waals surface area contributed by atoms with E-state index in [1.165, 1.54) is 19.2 Å². The Morgan fingerprint density at radius 2 is 1.73 bits per heavy atom. The molecular weight excluding hydrogens is 406 g/mol. The number of carbonyl (C=O) groups is 1. The lowest BCUT2D eigenvalue weighted by atomic mass is 10.1. The highest BCUT2D eigenvalue weighted by Crippen LogP contribution is 2.33. The second-order valence-corrected chi connectivity index (χ2v) is 6.87. The molecular formula is C23H22ClNO5. The van der Waals surface area contributed by atoms with Gasteiger partial charge in [0.15, 0.2) is 11.5 Å². The molecule has 156 valence electrons. The van der Waals surface area contributed by atoms with E-state index in [4.69, 9.17) is 25.8 Å². The number of halogens is 1. The van der Waals surface area contributed by atoms with Gasteiger partial charge in [0.2, 0.25) is 0 Å². The molecule has 0 bridgehead atoms. The summed E-state index contributed by atoms with van der Waals surface area (Å²) < 4.78 is 16.9. The minimum atomic E-state index is -1.01. The molecule has 0 saturated carbocycles. The van der Waals surface area contributed by atoms with E-state index >= 15 is 0 Å². The third kappa shape index (κ3) is 5.15. The van der Waals surface area contributed by atoms with Crippen molar-refractivity contribution >= 4 is 23.3 Å². The maximum Gasteiger partial charge on any atom is 0.335 e. The first kappa shape index (κ1) is 21.3. The first-order valence-electron chi connectivity index (χ1n) is 9.20. The summed E-state index contributed by atoms with van der Waals surface area (Å²) in [5.41, 5.74) is 2.57. The van der Waals surface area contributed by atoms with Crippen LogP contribution in [0.25, 0.3) is 0 Å². The molecule has 7 heteroatoms. The second kappa shape index (κ2) is 9.89. The summed E-state index contributed by atoms with van der Waals surface area (Å²) in [5, 5.41) is 13.1. The lowest BCUT2D eigenvalue weighted by Crippen LogP contribution is -2.07. The van der Waals surface area contributed by atoms with E-state index in [0.29, 0.717) is 41.1 Å². The van der Waals surface area contributed by atoms with E-state index in [-0.39, 0.29) is 5.56 Å². The third-order valence-corrected chi connectivity index (χ3v) is 4.74. The molecule has 0 aromatic heterocycles. The van der Waals surface area contributed by atoms with Gasteiger partial charge in [-0.3, -0.25) is 0 Å². The van der Waals surface area contributed by atoms with Crippen molar-refractivity contribution in [1.82, 2.24) is 0 Å². The van der Waals surface area contributed by atoms with E-state index in [2.05, 4.69) is 5.32 Å². The zero-order chi connectivity index (χ0) is 21.5. The summed E-state index contributed by atoms with van der Waals surface area (Å²) >= 11 is 5.94. The first-order chi connectivity index (χ1) is 14.5. The summed E-state index contributed by atoms with van der Waals surface area (Å²) in [6.45, 7) is 0.731. The van der Waals surface area contributed by atoms with Crippen molar-refractivity contribution in [2.75, 3.05) is 19.5 Å². The lowest BCUT2D eigenvalue weighted by Gasteiger charge is -2.17. The molecule has 0 amide bonds. The van der Waals surface area contributed by atoms with Gasteiger partial charge in [-0.2, -0.15) is 0 Å². The van der Waals surface area contributed by atoms with Crippen molar-refractivity contribution in [3.05, 3.63) is 82.4 Å². The standard InChI is InChI=1S/C23H22ClNO5/c1-28-20-11-8-16(23(26)27)12-19(20)25-13-17-4-3-5-21(29-2)22(17)30-14-15-6-9-18(24)10-7-15/h3-12,25H,13-14H2,1-2H3,(H,26,27). The van der Waals surface area contributed by atoms with Gasteiger partial charge >= 0.3 is 5.97 Å². The summed E-state index contributed by atoms with van der Waals surface area (Å²) in [6, 6.07) is 17.7. The Balaban J connectivity index is 1.81. The zero-order valence-corrected chi connectivity index (χ0v) is 17.4. The molecule has 0 heterocycles. The fourth-order valence-corrected chi connectivity index (χ4v) is 3.06. The summed E-state index contributed by atoms with van der Waals surface area (Å²) in [4.78, 5) is 11.3. The van der Waals surface area contributed by atoms with Crippen LogP contribution in [-0.4, -0.2) is 25.3 Å². The minimum absolute atomic E-state index is 0.170. The van der Waals surface area contributed by atoms with E-state index in [1.807, 2.05) is 42.5 Å². The second-order valence-electron chi connectivity index (χ2n) is 6.44. The Bertz CT molecular complexity index is 1020. The number of anilines is 1. The number of hydrogen-bond acceptors (Lipinski definition) is 5. The van der Waals surface area contributed by atoms with Crippen LogP contribution >= 0.6 is 11.6 Å². The molecule has 0 spiro atoms. The highest BCUT2D eigenvalue weighted by Gasteiger charge is 2.13. The van der Waals surface area contributed by atoms with Crippen LogP contribution in [0.3, 0.4) is 0 Å². The Morgan fingerprint density at radius 3 is 2.40 bits per heavy atom. The van der Waals surface area contributed by atoms with Crippen LogP contribution in [0, 0.1) is 0 Å². The van der Waals surface area contributed by atoms with Gasteiger partial charge in [0.25, 0.3) is 0 Å². The van der Waals surface area contributed by atoms with E-state index in [9.17, 15) is 9.90 Å². The van der Waals surface area contributed by atoms with Crippen molar-refractivity contribution in [2.24, 2.45) is 0 Å². The van der Waals surface area contributed by atoms with Gasteiger partial charge in [0.1, 0.15) is 12.4 Å². The minimum Gasteiger partial charge on any atom is -0.495 e. The zero-order valence-electron chi connectivity index (χ0n) is 16.6. The number of methoxy groups -OCH3 is 2. The van der Waals surface area contributed by atoms with Crippen LogP contribution in [0.4, 0.5) is 5.69 Å². The fraction of sp³-hybridized carbons (Fsp3) is 0.174. The maximum absolute atomic E-state index is 11.3. The molecule has 0 aliphatic heterocycles. The predicted octanol–water partition coefficient (Wildman–Crippen LogP) is 5.25. The molecule has 0 fully saturated rings. The smallest absolute Gasteiger partial charge is 0.335 e. The molecule has 0 radical (unpaired) electrons. The number of rotatable bonds is 9. The molecule has 3 aromatic rings. The molecule has 0 atom stereocenters. The van der Waals surface area contributed by atoms with Crippen LogP contribution in [0.1, 0.15) is 21.5 Å². The molecule has 0 aliphatic carbocycles. The fourth-order valence-electron chi connectivity index (χ4n) is 2.93. The SMILES string of the molecule is COc1ccc(C(=O)O)cc1NCc1cccc(OC)c1OCc1ccc(Cl)cc1. The van der Waals surface area contributed by atoms with Crippen molar-refractivity contribution in [2.45, 2.75) is 13.2 Å².